The average molecular weight is 577 g/mol. The Morgan fingerprint density at radius 2 is 1.68 bits per heavy atom. The predicted molar refractivity (Wildman–Crippen MR) is 153 cm³/mol. The highest BCUT2D eigenvalue weighted by atomic mass is 35.5. The van der Waals surface area contributed by atoms with Gasteiger partial charge in [0.1, 0.15) is 24.0 Å². The molecule has 0 N–H and O–H groups in total. The van der Waals surface area contributed by atoms with E-state index in [9.17, 15) is 14.9 Å². The van der Waals surface area contributed by atoms with Gasteiger partial charge >= 0.3 is 0 Å². The number of amides is 2. The molecule has 0 unspecified atom stereocenters. The number of benzene rings is 3. The molecule has 40 heavy (non-hydrogen) atoms. The van der Waals surface area contributed by atoms with Gasteiger partial charge in [0.15, 0.2) is 11.5 Å². The summed E-state index contributed by atoms with van der Waals surface area (Å²) in [5.74, 6) is 0.568. The first-order chi connectivity index (χ1) is 19.2. The molecule has 7 nitrogen and oxygen atoms in total. The highest BCUT2D eigenvalue weighted by molar-refractivity contribution is 6.35. The molecule has 1 aliphatic rings. The molecule has 4 rings (SSSR count). The van der Waals surface area contributed by atoms with E-state index in [1.165, 1.54) is 7.11 Å². The molecule has 0 fully saturated rings. The number of nitrogens with zero attached hydrogens (tertiary/aromatic N) is 2. The first-order valence-electron chi connectivity index (χ1n) is 12.3. The van der Waals surface area contributed by atoms with Crippen LogP contribution in [0.2, 0.25) is 10.0 Å². The van der Waals surface area contributed by atoms with Crippen LogP contribution in [-0.4, -0.2) is 37.5 Å². The van der Waals surface area contributed by atoms with Gasteiger partial charge in [-0.3, -0.25) is 14.5 Å². The Morgan fingerprint density at radius 3 is 2.33 bits per heavy atom. The molecule has 0 radical (unpaired) electrons. The van der Waals surface area contributed by atoms with E-state index in [1.807, 2.05) is 30.3 Å². The lowest BCUT2D eigenvalue weighted by Gasteiger charge is -2.27. The minimum Gasteiger partial charge on any atom is -0.497 e. The van der Waals surface area contributed by atoms with Crippen molar-refractivity contribution < 1.29 is 23.8 Å². The van der Waals surface area contributed by atoms with Crippen molar-refractivity contribution >= 4 is 41.1 Å². The van der Waals surface area contributed by atoms with Crippen LogP contribution in [0.4, 0.5) is 0 Å². The fraction of sp³-hybridized carbons (Fsp3) is 0.194. The zero-order valence-electron chi connectivity index (χ0n) is 22.2. The number of hydrogen-bond donors (Lipinski definition) is 0. The third-order valence-electron chi connectivity index (χ3n) is 6.51. The van der Waals surface area contributed by atoms with Crippen LogP contribution in [0.15, 0.2) is 77.4 Å². The van der Waals surface area contributed by atoms with Gasteiger partial charge in [0.05, 0.1) is 14.2 Å². The SMILES string of the molecule is COc1ccc(CCN2C(=O)C(C#N)=C(C)/C(=C\c3ccc(OCc4ccc(Cl)cc4Cl)c(OC)c3)C2=O)cc1. The number of carbonyl (C=O) groups is 2. The van der Waals surface area contributed by atoms with Crippen LogP contribution in [0.5, 0.6) is 17.2 Å². The van der Waals surface area contributed by atoms with E-state index in [-0.39, 0.29) is 24.3 Å². The maximum absolute atomic E-state index is 13.5. The fourth-order valence-corrected chi connectivity index (χ4v) is 4.68. The molecule has 0 bridgehead atoms. The Labute approximate surface area is 242 Å². The van der Waals surface area contributed by atoms with Gasteiger partial charge in [0.2, 0.25) is 0 Å². The van der Waals surface area contributed by atoms with Crippen molar-refractivity contribution in [1.82, 2.24) is 4.90 Å². The fourth-order valence-electron chi connectivity index (χ4n) is 4.22. The second-order valence-electron chi connectivity index (χ2n) is 8.96. The summed E-state index contributed by atoms with van der Waals surface area (Å²) in [6.07, 6.45) is 2.08. The summed E-state index contributed by atoms with van der Waals surface area (Å²) in [5, 5.41) is 10.7. The first-order valence-corrected chi connectivity index (χ1v) is 13.1. The van der Waals surface area contributed by atoms with E-state index < -0.39 is 11.8 Å². The summed E-state index contributed by atoms with van der Waals surface area (Å²) in [6.45, 7) is 1.93. The summed E-state index contributed by atoms with van der Waals surface area (Å²) in [4.78, 5) is 27.6. The predicted octanol–water partition coefficient (Wildman–Crippen LogP) is 6.42. The largest absolute Gasteiger partial charge is 0.497 e. The summed E-state index contributed by atoms with van der Waals surface area (Å²) in [5.41, 5.74) is 2.85. The van der Waals surface area contributed by atoms with Crippen molar-refractivity contribution in [3.8, 4) is 23.3 Å². The Balaban J connectivity index is 1.57. The van der Waals surface area contributed by atoms with Crippen LogP contribution in [0.25, 0.3) is 6.08 Å². The van der Waals surface area contributed by atoms with Crippen LogP contribution >= 0.6 is 23.2 Å². The van der Waals surface area contributed by atoms with Crippen LogP contribution < -0.4 is 14.2 Å². The highest BCUT2D eigenvalue weighted by Crippen LogP contribution is 2.33. The molecule has 1 heterocycles. The Bertz CT molecular complexity index is 1550. The van der Waals surface area contributed by atoms with Gasteiger partial charge in [-0.05, 0) is 72.5 Å². The van der Waals surface area contributed by atoms with E-state index in [1.54, 1.807) is 56.5 Å². The molecular formula is C31H26Cl2N2O5. The monoisotopic (exact) mass is 576 g/mol. The van der Waals surface area contributed by atoms with Crippen LogP contribution in [-0.2, 0) is 22.6 Å². The minimum atomic E-state index is -0.599. The Kier molecular flexibility index (Phi) is 9.15. The molecule has 0 saturated heterocycles. The maximum Gasteiger partial charge on any atom is 0.271 e. The van der Waals surface area contributed by atoms with Gasteiger partial charge in [0.25, 0.3) is 11.8 Å². The van der Waals surface area contributed by atoms with Gasteiger partial charge < -0.3 is 14.2 Å². The number of hydrogen-bond acceptors (Lipinski definition) is 6. The van der Waals surface area contributed by atoms with E-state index in [2.05, 4.69) is 0 Å². The Hall–Kier alpha value is -4.25. The molecule has 0 saturated carbocycles. The normalized spacial score (nSPS) is 14.4. The third-order valence-corrected chi connectivity index (χ3v) is 7.09. The van der Waals surface area contributed by atoms with Crippen molar-refractivity contribution in [1.29, 1.82) is 5.26 Å². The average Bonchev–Trinajstić information content (AvgIpc) is 2.95. The molecule has 9 heteroatoms. The van der Waals surface area contributed by atoms with Crippen molar-refractivity contribution in [3.05, 3.63) is 104 Å². The summed E-state index contributed by atoms with van der Waals surface area (Å²) < 4.78 is 16.6. The number of carbonyl (C=O) groups excluding carboxylic acids is 2. The van der Waals surface area contributed by atoms with Gasteiger partial charge in [0, 0.05) is 27.7 Å². The number of rotatable bonds is 9. The zero-order chi connectivity index (χ0) is 28.8. The molecule has 0 aliphatic carbocycles. The van der Waals surface area contributed by atoms with Crippen LogP contribution in [0, 0.1) is 11.3 Å². The molecular weight excluding hydrogens is 551 g/mol. The minimum absolute atomic E-state index is 0.0626. The van der Waals surface area contributed by atoms with Crippen molar-refractivity contribution in [2.75, 3.05) is 20.8 Å². The quantitative estimate of drug-likeness (QED) is 0.215. The maximum atomic E-state index is 13.5. The van der Waals surface area contributed by atoms with E-state index in [0.29, 0.717) is 44.9 Å². The molecule has 204 valence electrons. The molecule has 3 aromatic rings. The summed E-state index contributed by atoms with van der Waals surface area (Å²) >= 11 is 12.2. The molecule has 2 amide bonds. The van der Waals surface area contributed by atoms with Gasteiger partial charge in [-0.2, -0.15) is 5.26 Å². The van der Waals surface area contributed by atoms with Gasteiger partial charge in [-0.25, -0.2) is 0 Å². The lowest BCUT2D eigenvalue weighted by atomic mass is 9.93. The number of methoxy groups -OCH3 is 2. The molecule has 3 aromatic carbocycles. The number of ether oxygens (including phenoxy) is 3. The topological polar surface area (TPSA) is 88.9 Å². The number of nitriles is 1. The standard InChI is InChI=1S/C31H26Cl2N2O5/c1-19-25(30(36)35(31(37)26(19)17-34)13-12-20-4-9-24(38-2)10-5-20)14-21-6-11-28(29(15-21)39-3)40-18-22-7-8-23(32)16-27(22)33/h4-11,14-16H,12-13,18H2,1-3H3/b25-14+. The van der Waals surface area contributed by atoms with Crippen LogP contribution in [0.1, 0.15) is 23.6 Å². The lowest BCUT2D eigenvalue weighted by molar-refractivity contribution is -0.140. The number of imide groups is 1. The van der Waals surface area contributed by atoms with Crippen molar-refractivity contribution in [2.24, 2.45) is 0 Å². The van der Waals surface area contributed by atoms with Crippen LogP contribution in [0.3, 0.4) is 0 Å². The highest BCUT2D eigenvalue weighted by Gasteiger charge is 2.35. The Morgan fingerprint density at radius 1 is 0.925 bits per heavy atom. The molecule has 0 atom stereocenters. The van der Waals surface area contributed by atoms with Gasteiger partial charge in [-0.15, -0.1) is 0 Å². The van der Waals surface area contributed by atoms with Crippen molar-refractivity contribution in [2.45, 2.75) is 20.0 Å². The first kappa shape index (κ1) is 28.8. The second kappa shape index (κ2) is 12.7. The van der Waals surface area contributed by atoms with E-state index in [4.69, 9.17) is 37.4 Å². The van der Waals surface area contributed by atoms with E-state index in [0.717, 1.165) is 16.0 Å². The van der Waals surface area contributed by atoms with Gasteiger partial charge in [-0.1, -0.05) is 47.5 Å². The zero-order valence-corrected chi connectivity index (χ0v) is 23.7. The number of halogens is 2. The third kappa shape index (κ3) is 6.31. The molecule has 0 aromatic heterocycles. The van der Waals surface area contributed by atoms with Crippen molar-refractivity contribution in [3.63, 3.8) is 0 Å². The smallest absolute Gasteiger partial charge is 0.271 e. The van der Waals surface area contributed by atoms with E-state index >= 15 is 0 Å². The lowest BCUT2D eigenvalue weighted by Crippen LogP contribution is -2.43. The second-order valence-corrected chi connectivity index (χ2v) is 9.81. The molecule has 1 aliphatic heterocycles. The summed E-state index contributed by atoms with van der Waals surface area (Å²) in [7, 11) is 3.10. The summed E-state index contributed by atoms with van der Waals surface area (Å²) in [6, 6.07) is 19.7. The molecule has 0 spiro atoms.